The maximum Gasteiger partial charge on any atom is 0.416 e. The highest BCUT2D eigenvalue weighted by molar-refractivity contribution is 5.94. The number of halogens is 3. The van der Waals surface area contributed by atoms with Crippen LogP contribution in [0.25, 0.3) is 0 Å². The predicted octanol–water partition coefficient (Wildman–Crippen LogP) is 3.15. The number of aromatic nitrogens is 1. The van der Waals surface area contributed by atoms with E-state index in [1.165, 1.54) is 25.3 Å². The number of carbonyl (C=O) groups excluding carboxylic acids is 2. The van der Waals surface area contributed by atoms with Crippen molar-refractivity contribution in [1.29, 1.82) is 0 Å². The average molecular weight is 392 g/mol. The monoisotopic (exact) mass is 392 g/mol. The van der Waals surface area contributed by atoms with Crippen LogP contribution in [0.1, 0.15) is 22.8 Å². The van der Waals surface area contributed by atoms with Gasteiger partial charge in [0, 0.05) is 45.0 Å². The van der Waals surface area contributed by atoms with E-state index in [9.17, 15) is 22.8 Å². The lowest BCUT2D eigenvalue weighted by Gasteiger charge is -2.34. The van der Waals surface area contributed by atoms with Crippen LogP contribution in [0.2, 0.25) is 0 Å². The molecule has 1 aromatic carbocycles. The zero-order valence-corrected chi connectivity index (χ0v) is 15.2. The number of pyridine rings is 1. The lowest BCUT2D eigenvalue weighted by Crippen LogP contribution is -2.50. The van der Waals surface area contributed by atoms with Crippen LogP contribution >= 0.6 is 0 Å². The van der Waals surface area contributed by atoms with E-state index in [1.807, 2.05) is 0 Å². The Morgan fingerprint density at radius 2 is 1.57 bits per heavy atom. The van der Waals surface area contributed by atoms with Gasteiger partial charge in [0.1, 0.15) is 5.82 Å². The van der Waals surface area contributed by atoms with Crippen molar-refractivity contribution in [3.8, 4) is 0 Å². The van der Waals surface area contributed by atoms with Crippen molar-refractivity contribution in [2.45, 2.75) is 13.1 Å². The number of benzene rings is 1. The molecule has 0 saturated carbocycles. The molecule has 0 atom stereocenters. The summed E-state index contributed by atoms with van der Waals surface area (Å²) in [6.45, 7) is 3.43. The van der Waals surface area contributed by atoms with Gasteiger partial charge in [0.25, 0.3) is 5.91 Å². The largest absolute Gasteiger partial charge is 0.416 e. The van der Waals surface area contributed by atoms with Gasteiger partial charge in [0.2, 0.25) is 5.91 Å². The van der Waals surface area contributed by atoms with Crippen LogP contribution in [0.4, 0.5) is 24.7 Å². The summed E-state index contributed by atoms with van der Waals surface area (Å²) in [7, 11) is 0. The molecule has 28 heavy (non-hydrogen) atoms. The highest BCUT2D eigenvalue weighted by Crippen LogP contribution is 2.30. The van der Waals surface area contributed by atoms with E-state index in [1.54, 1.807) is 21.9 Å². The van der Waals surface area contributed by atoms with E-state index in [0.717, 1.165) is 12.1 Å². The first-order valence-electron chi connectivity index (χ1n) is 8.69. The molecule has 6 nitrogen and oxygen atoms in total. The number of nitrogens with one attached hydrogen (secondary N) is 1. The molecule has 0 aliphatic carbocycles. The summed E-state index contributed by atoms with van der Waals surface area (Å²) in [6.07, 6.45) is -2.96. The molecule has 1 N–H and O–H groups in total. The Kier molecular flexibility index (Phi) is 5.53. The maximum absolute atomic E-state index is 12.6. The molecular formula is C19H19F3N4O2. The molecule has 2 heterocycles. The number of alkyl halides is 3. The third-order valence-electron chi connectivity index (χ3n) is 4.51. The minimum atomic E-state index is -4.38. The summed E-state index contributed by atoms with van der Waals surface area (Å²) >= 11 is 0. The SMILES string of the molecule is CC(=O)N1CCN(C(=O)c2ccc(Nc3ccc(C(F)(F)F)cc3)nc2)CC1. The molecule has 148 valence electrons. The van der Waals surface area contributed by atoms with Crippen LogP contribution in [0.5, 0.6) is 0 Å². The Morgan fingerprint density at radius 1 is 0.964 bits per heavy atom. The summed E-state index contributed by atoms with van der Waals surface area (Å²) in [5.41, 5.74) is 0.144. The van der Waals surface area contributed by atoms with Crippen molar-refractivity contribution >= 4 is 23.3 Å². The van der Waals surface area contributed by atoms with Gasteiger partial charge in [-0.3, -0.25) is 9.59 Å². The van der Waals surface area contributed by atoms with E-state index in [-0.39, 0.29) is 11.8 Å². The third-order valence-corrected chi connectivity index (χ3v) is 4.51. The van der Waals surface area contributed by atoms with Gasteiger partial charge in [-0.25, -0.2) is 4.98 Å². The van der Waals surface area contributed by atoms with Gasteiger partial charge in [-0.15, -0.1) is 0 Å². The Bertz CT molecular complexity index is 843. The van der Waals surface area contributed by atoms with E-state index >= 15 is 0 Å². The van der Waals surface area contributed by atoms with Crippen LogP contribution in [-0.2, 0) is 11.0 Å². The summed E-state index contributed by atoms with van der Waals surface area (Å²) < 4.78 is 37.8. The fourth-order valence-corrected chi connectivity index (χ4v) is 2.89. The Balaban J connectivity index is 1.60. The van der Waals surface area contributed by atoms with E-state index in [0.29, 0.717) is 43.2 Å². The molecule has 1 aromatic heterocycles. The van der Waals surface area contributed by atoms with Gasteiger partial charge in [-0.1, -0.05) is 0 Å². The molecule has 0 spiro atoms. The molecule has 0 bridgehead atoms. The molecule has 1 aliphatic rings. The fourth-order valence-electron chi connectivity index (χ4n) is 2.89. The quantitative estimate of drug-likeness (QED) is 0.872. The lowest BCUT2D eigenvalue weighted by molar-refractivity contribution is -0.137. The zero-order valence-electron chi connectivity index (χ0n) is 15.2. The topological polar surface area (TPSA) is 65.5 Å². The minimum absolute atomic E-state index is 0.00698. The van der Waals surface area contributed by atoms with Crippen molar-refractivity contribution in [2.75, 3.05) is 31.5 Å². The van der Waals surface area contributed by atoms with Gasteiger partial charge in [0.15, 0.2) is 0 Å². The van der Waals surface area contributed by atoms with Crippen LogP contribution in [0.15, 0.2) is 42.6 Å². The molecule has 1 aliphatic heterocycles. The van der Waals surface area contributed by atoms with Gasteiger partial charge in [-0.2, -0.15) is 13.2 Å². The van der Waals surface area contributed by atoms with Crippen LogP contribution in [-0.4, -0.2) is 52.8 Å². The fraction of sp³-hybridized carbons (Fsp3) is 0.316. The first-order valence-corrected chi connectivity index (χ1v) is 8.69. The molecule has 1 saturated heterocycles. The van der Waals surface area contributed by atoms with Gasteiger partial charge in [0.05, 0.1) is 11.1 Å². The second-order valence-electron chi connectivity index (χ2n) is 6.43. The van der Waals surface area contributed by atoms with E-state index in [2.05, 4.69) is 10.3 Å². The number of nitrogens with zero attached hydrogens (tertiary/aromatic N) is 3. The normalized spacial score (nSPS) is 14.7. The Labute approximate surface area is 160 Å². The van der Waals surface area contributed by atoms with Crippen molar-refractivity contribution < 1.29 is 22.8 Å². The number of hydrogen-bond donors (Lipinski definition) is 1. The van der Waals surface area contributed by atoms with Crippen LogP contribution in [0.3, 0.4) is 0 Å². The zero-order chi connectivity index (χ0) is 20.3. The summed E-state index contributed by atoms with van der Waals surface area (Å²) in [5, 5.41) is 2.90. The molecule has 0 radical (unpaired) electrons. The number of rotatable bonds is 3. The van der Waals surface area contributed by atoms with Crippen LogP contribution < -0.4 is 5.32 Å². The molecular weight excluding hydrogens is 373 g/mol. The average Bonchev–Trinajstić information content (AvgIpc) is 2.68. The van der Waals surface area contributed by atoms with E-state index < -0.39 is 11.7 Å². The number of piperazine rings is 1. The summed E-state index contributed by atoms with van der Waals surface area (Å²) in [4.78, 5) is 31.4. The van der Waals surface area contributed by atoms with Gasteiger partial charge >= 0.3 is 6.18 Å². The molecule has 3 rings (SSSR count). The smallest absolute Gasteiger partial charge is 0.340 e. The summed E-state index contributed by atoms with van der Waals surface area (Å²) in [6, 6.07) is 7.81. The highest BCUT2D eigenvalue weighted by atomic mass is 19.4. The van der Waals surface area contributed by atoms with Crippen molar-refractivity contribution in [1.82, 2.24) is 14.8 Å². The standard InChI is InChI=1S/C19H19F3N4O2/c1-13(27)25-8-10-26(11-9-25)18(28)14-2-7-17(23-12-14)24-16-5-3-15(4-6-16)19(20,21)22/h2-7,12H,8-11H2,1H3,(H,23,24). The number of carbonyl (C=O) groups is 2. The second-order valence-corrected chi connectivity index (χ2v) is 6.43. The number of amides is 2. The highest BCUT2D eigenvalue weighted by Gasteiger charge is 2.30. The third kappa shape index (κ3) is 4.59. The minimum Gasteiger partial charge on any atom is -0.340 e. The molecule has 1 fully saturated rings. The predicted molar refractivity (Wildman–Crippen MR) is 97.1 cm³/mol. The van der Waals surface area contributed by atoms with Crippen molar-refractivity contribution in [2.24, 2.45) is 0 Å². The summed E-state index contributed by atoms with van der Waals surface area (Å²) in [5.74, 6) is 0.238. The number of anilines is 2. The first kappa shape index (κ1) is 19.7. The van der Waals surface area contributed by atoms with Gasteiger partial charge < -0.3 is 15.1 Å². The molecule has 9 heteroatoms. The Morgan fingerprint density at radius 3 is 2.07 bits per heavy atom. The Hall–Kier alpha value is -3.10. The first-order chi connectivity index (χ1) is 13.2. The lowest BCUT2D eigenvalue weighted by atomic mass is 10.2. The number of hydrogen-bond acceptors (Lipinski definition) is 4. The van der Waals surface area contributed by atoms with Crippen LogP contribution in [0, 0.1) is 0 Å². The molecule has 2 amide bonds. The molecule has 2 aromatic rings. The van der Waals surface area contributed by atoms with Crippen molar-refractivity contribution in [3.63, 3.8) is 0 Å². The molecule has 0 unspecified atom stereocenters. The van der Waals surface area contributed by atoms with E-state index in [4.69, 9.17) is 0 Å². The second kappa shape index (κ2) is 7.87. The van der Waals surface area contributed by atoms with Gasteiger partial charge in [-0.05, 0) is 36.4 Å². The maximum atomic E-state index is 12.6. The van der Waals surface area contributed by atoms with Crippen molar-refractivity contribution in [3.05, 3.63) is 53.7 Å².